The summed E-state index contributed by atoms with van der Waals surface area (Å²) in [6.45, 7) is 0. The third-order valence-corrected chi connectivity index (χ3v) is 15.1. The Labute approximate surface area is 367 Å². The van der Waals surface area contributed by atoms with E-state index >= 15 is 0 Å². The lowest BCUT2D eigenvalue weighted by Crippen LogP contribution is -1.93. The fraction of sp³-hybridized carbons (Fsp3) is 0. The first kappa shape index (κ1) is 34.8. The number of fused-ring (bicyclic) bond motifs is 17. The summed E-state index contributed by atoms with van der Waals surface area (Å²) in [5, 5.41) is 23.4. The van der Waals surface area contributed by atoms with Gasteiger partial charge in [0.1, 0.15) is 0 Å². The minimum Gasteiger partial charge on any atom is -0.134 e. The van der Waals surface area contributed by atoms with E-state index in [1.807, 2.05) is 11.3 Å². The largest absolute Gasteiger partial charge is 0.134 e. The van der Waals surface area contributed by atoms with Crippen LogP contribution in [0.25, 0.3) is 140 Å². The maximum Gasteiger partial charge on any atom is 0.0440 e. The standard InChI is InChI=1S/C62H36S/c1-2-18-39-37(16-1)17-15-31-46(39)57-49-26-10-12-28-51(49)58(52-29-13-11-27-50(52)57)53-35-34-40(41-19-3-4-20-42(41)53)38-32-33-55-56(36-38)45-23-6-9-25-48(45)60-59-47-24-8-5-21-43(47)44-22-7-14-30-54(44)61(59)63-62(55)60/h1-36H. The average Bonchev–Trinajstić information content (AvgIpc) is 3.77. The average molecular weight is 813 g/mol. The first-order valence-corrected chi connectivity index (χ1v) is 22.7. The molecular weight excluding hydrogens is 777 g/mol. The Hall–Kier alpha value is -7.84. The van der Waals surface area contributed by atoms with Gasteiger partial charge < -0.3 is 0 Å². The molecule has 14 rings (SSSR count). The van der Waals surface area contributed by atoms with Crippen LogP contribution in [0.1, 0.15) is 0 Å². The van der Waals surface area contributed by atoms with Gasteiger partial charge in [0.25, 0.3) is 0 Å². The highest BCUT2D eigenvalue weighted by Crippen LogP contribution is 2.51. The van der Waals surface area contributed by atoms with Crippen molar-refractivity contribution in [2.45, 2.75) is 0 Å². The van der Waals surface area contributed by atoms with Gasteiger partial charge in [-0.25, -0.2) is 0 Å². The fourth-order valence-corrected chi connectivity index (χ4v) is 12.6. The first-order chi connectivity index (χ1) is 31.3. The Morgan fingerprint density at radius 3 is 1.19 bits per heavy atom. The van der Waals surface area contributed by atoms with E-state index < -0.39 is 0 Å². The summed E-state index contributed by atoms with van der Waals surface area (Å²) in [7, 11) is 0. The Morgan fingerprint density at radius 2 is 0.603 bits per heavy atom. The molecule has 1 heteroatoms. The van der Waals surface area contributed by atoms with Crippen LogP contribution in [0, 0.1) is 0 Å². The van der Waals surface area contributed by atoms with Crippen molar-refractivity contribution in [3.63, 3.8) is 0 Å². The molecule has 0 saturated carbocycles. The summed E-state index contributed by atoms with van der Waals surface area (Å²) in [5.74, 6) is 0. The topological polar surface area (TPSA) is 0 Å². The molecule has 0 aliphatic rings. The van der Waals surface area contributed by atoms with Crippen molar-refractivity contribution < 1.29 is 0 Å². The van der Waals surface area contributed by atoms with Gasteiger partial charge in [-0.3, -0.25) is 0 Å². The van der Waals surface area contributed by atoms with Gasteiger partial charge in [-0.1, -0.05) is 212 Å². The second-order valence-corrected chi connectivity index (χ2v) is 18.0. The van der Waals surface area contributed by atoms with Gasteiger partial charge in [0.05, 0.1) is 0 Å². The number of hydrogen-bond acceptors (Lipinski definition) is 1. The molecule has 63 heavy (non-hydrogen) atoms. The van der Waals surface area contributed by atoms with Gasteiger partial charge in [0, 0.05) is 30.9 Å². The maximum absolute atomic E-state index is 2.46. The normalized spacial score (nSPS) is 12.1. The van der Waals surface area contributed by atoms with Crippen molar-refractivity contribution in [3.8, 4) is 33.4 Å². The van der Waals surface area contributed by atoms with Crippen LogP contribution in [0.4, 0.5) is 0 Å². The van der Waals surface area contributed by atoms with Gasteiger partial charge >= 0.3 is 0 Å². The summed E-state index contributed by atoms with van der Waals surface area (Å²) < 4.78 is 2.73. The molecule has 0 nitrogen and oxygen atoms in total. The molecule has 290 valence electrons. The molecule has 0 spiro atoms. The molecule has 0 radical (unpaired) electrons. The van der Waals surface area contributed by atoms with Crippen molar-refractivity contribution in [2.75, 3.05) is 0 Å². The molecule has 0 unspecified atom stereocenters. The molecule has 0 aliphatic carbocycles. The maximum atomic E-state index is 2.46. The molecular formula is C62H36S. The molecule has 1 aromatic heterocycles. The van der Waals surface area contributed by atoms with Crippen LogP contribution in [-0.4, -0.2) is 0 Å². The molecule has 0 aliphatic heterocycles. The predicted octanol–water partition coefficient (Wildman–Crippen LogP) is 18.3. The van der Waals surface area contributed by atoms with Crippen LogP contribution in [0.15, 0.2) is 218 Å². The molecule has 0 N–H and O–H groups in total. The second kappa shape index (κ2) is 13.3. The van der Waals surface area contributed by atoms with E-state index in [2.05, 4.69) is 218 Å². The molecule has 14 aromatic rings. The third kappa shape index (κ3) is 4.91. The van der Waals surface area contributed by atoms with E-state index in [0.29, 0.717) is 0 Å². The van der Waals surface area contributed by atoms with E-state index in [1.54, 1.807) is 0 Å². The summed E-state index contributed by atoms with van der Waals surface area (Å²) >= 11 is 1.96. The lowest BCUT2D eigenvalue weighted by Gasteiger charge is -2.20. The molecule has 0 bridgehead atoms. The second-order valence-electron chi connectivity index (χ2n) is 17.0. The fourth-order valence-electron chi connectivity index (χ4n) is 11.2. The highest BCUT2D eigenvalue weighted by molar-refractivity contribution is 7.28. The van der Waals surface area contributed by atoms with E-state index in [1.165, 1.54) is 140 Å². The van der Waals surface area contributed by atoms with E-state index in [4.69, 9.17) is 0 Å². The zero-order chi connectivity index (χ0) is 41.2. The molecule has 0 atom stereocenters. The van der Waals surface area contributed by atoms with E-state index in [-0.39, 0.29) is 0 Å². The molecule has 1 heterocycles. The quantitative estimate of drug-likeness (QED) is 0.123. The minimum absolute atomic E-state index is 1.23. The molecule has 0 amide bonds. The Kier molecular flexibility index (Phi) is 7.37. The van der Waals surface area contributed by atoms with E-state index in [9.17, 15) is 0 Å². The monoisotopic (exact) mass is 812 g/mol. The highest BCUT2D eigenvalue weighted by Gasteiger charge is 2.22. The minimum atomic E-state index is 1.23. The molecule has 13 aromatic carbocycles. The summed E-state index contributed by atoms with van der Waals surface area (Å²) in [5.41, 5.74) is 7.57. The van der Waals surface area contributed by atoms with Gasteiger partial charge in [-0.15, -0.1) is 11.3 Å². The van der Waals surface area contributed by atoms with Crippen molar-refractivity contribution in [3.05, 3.63) is 218 Å². The smallest absolute Gasteiger partial charge is 0.0440 e. The molecule has 0 fully saturated rings. The SMILES string of the molecule is c1ccc2c(-c3c4ccccc4c(-c4ccc(-c5ccc6c(c5)c5ccccc5c5c6sc6c7ccccc7c7ccccc7c65)c5ccccc45)c4ccccc34)cccc2c1. The number of rotatable bonds is 3. The van der Waals surface area contributed by atoms with Gasteiger partial charge in [0.2, 0.25) is 0 Å². The van der Waals surface area contributed by atoms with Gasteiger partial charge in [-0.05, 0) is 115 Å². The Bertz CT molecular complexity index is 4200. The Balaban J connectivity index is 1.02. The molecule has 0 saturated heterocycles. The number of benzene rings is 13. The lowest BCUT2D eigenvalue weighted by atomic mass is 9.83. The lowest BCUT2D eigenvalue weighted by molar-refractivity contribution is 1.67. The van der Waals surface area contributed by atoms with Crippen LogP contribution in [0.5, 0.6) is 0 Å². The Morgan fingerprint density at radius 1 is 0.222 bits per heavy atom. The first-order valence-electron chi connectivity index (χ1n) is 21.8. The van der Waals surface area contributed by atoms with Gasteiger partial charge in [-0.2, -0.15) is 0 Å². The van der Waals surface area contributed by atoms with Crippen LogP contribution >= 0.6 is 11.3 Å². The van der Waals surface area contributed by atoms with Crippen molar-refractivity contribution in [1.82, 2.24) is 0 Å². The van der Waals surface area contributed by atoms with Crippen LogP contribution in [0.2, 0.25) is 0 Å². The van der Waals surface area contributed by atoms with Crippen LogP contribution in [0.3, 0.4) is 0 Å². The number of thiophene rings is 1. The van der Waals surface area contributed by atoms with Crippen LogP contribution < -0.4 is 0 Å². The van der Waals surface area contributed by atoms with Crippen molar-refractivity contribution in [2.24, 2.45) is 0 Å². The van der Waals surface area contributed by atoms with Crippen molar-refractivity contribution >= 4 is 118 Å². The van der Waals surface area contributed by atoms with Gasteiger partial charge in [0.15, 0.2) is 0 Å². The van der Waals surface area contributed by atoms with Crippen LogP contribution in [-0.2, 0) is 0 Å². The zero-order valence-corrected chi connectivity index (χ0v) is 35.0. The summed E-state index contributed by atoms with van der Waals surface area (Å²) in [6, 6.07) is 81.5. The summed E-state index contributed by atoms with van der Waals surface area (Å²) in [4.78, 5) is 0. The van der Waals surface area contributed by atoms with E-state index in [0.717, 1.165) is 0 Å². The zero-order valence-electron chi connectivity index (χ0n) is 34.2. The highest BCUT2D eigenvalue weighted by atomic mass is 32.1. The summed E-state index contributed by atoms with van der Waals surface area (Å²) in [6.07, 6.45) is 0. The predicted molar refractivity (Wildman–Crippen MR) is 276 cm³/mol. The number of hydrogen-bond donors (Lipinski definition) is 0. The van der Waals surface area contributed by atoms with Crippen molar-refractivity contribution in [1.29, 1.82) is 0 Å². The third-order valence-electron chi connectivity index (χ3n) is 13.8.